The SMILES string of the molecule is CN(C)CCN=Cc1cc(Cl)ccc1O. The van der Waals surface area contributed by atoms with Gasteiger partial charge < -0.3 is 10.0 Å². The van der Waals surface area contributed by atoms with Gasteiger partial charge in [0.2, 0.25) is 0 Å². The minimum atomic E-state index is 0.202. The van der Waals surface area contributed by atoms with Gasteiger partial charge in [-0.25, -0.2) is 0 Å². The Balaban J connectivity index is 2.59. The van der Waals surface area contributed by atoms with Crippen molar-refractivity contribution in [2.45, 2.75) is 0 Å². The Morgan fingerprint density at radius 1 is 1.47 bits per heavy atom. The number of hydrogen-bond donors (Lipinski definition) is 1. The number of halogens is 1. The van der Waals surface area contributed by atoms with Gasteiger partial charge in [-0.2, -0.15) is 0 Å². The van der Waals surface area contributed by atoms with Crippen LogP contribution in [0.4, 0.5) is 0 Å². The monoisotopic (exact) mass is 226 g/mol. The van der Waals surface area contributed by atoms with Gasteiger partial charge >= 0.3 is 0 Å². The lowest BCUT2D eigenvalue weighted by molar-refractivity contribution is 0.421. The van der Waals surface area contributed by atoms with Gasteiger partial charge in [-0.15, -0.1) is 0 Å². The quantitative estimate of drug-likeness (QED) is 0.798. The van der Waals surface area contributed by atoms with Gasteiger partial charge in [-0.05, 0) is 32.3 Å². The molecule has 0 saturated heterocycles. The number of aliphatic imine (C=N–C) groups is 1. The molecular formula is C11H15ClN2O. The van der Waals surface area contributed by atoms with Crippen LogP contribution in [0.15, 0.2) is 23.2 Å². The Labute approximate surface area is 95.0 Å². The molecule has 1 rings (SSSR count). The molecule has 0 saturated carbocycles. The van der Waals surface area contributed by atoms with Crippen LogP contribution in [0.3, 0.4) is 0 Å². The number of likely N-dealkylation sites (N-methyl/N-ethyl adjacent to an activating group) is 1. The molecule has 82 valence electrons. The molecule has 1 aromatic carbocycles. The lowest BCUT2D eigenvalue weighted by Crippen LogP contribution is -2.15. The van der Waals surface area contributed by atoms with Crippen LogP contribution in [0, 0.1) is 0 Å². The Morgan fingerprint density at radius 2 is 2.20 bits per heavy atom. The smallest absolute Gasteiger partial charge is 0.124 e. The Hall–Kier alpha value is -1.06. The van der Waals surface area contributed by atoms with Crippen molar-refractivity contribution in [3.8, 4) is 5.75 Å². The Bertz CT molecular complexity index is 350. The molecule has 4 heteroatoms. The average Bonchev–Trinajstić information content (AvgIpc) is 2.17. The summed E-state index contributed by atoms with van der Waals surface area (Å²) < 4.78 is 0. The van der Waals surface area contributed by atoms with E-state index in [1.54, 1.807) is 24.4 Å². The molecule has 0 bridgehead atoms. The van der Waals surface area contributed by atoms with Crippen LogP contribution in [-0.4, -0.2) is 43.4 Å². The van der Waals surface area contributed by atoms with E-state index in [1.165, 1.54) is 0 Å². The first-order chi connectivity index (χ1) is 7.09. The molecule has 15 heavy (non-hydrogen) atoms. The minimum Gasteiger partial charge on any atom is -0.507 e. The van der Waals surface area contributed by atoms with Crippen molar-refractivity contribution in [2.75, 3.05) is 27.2 Å². The van der Waals surface area contributed by atoms with Crippen LogP contribution >= 0.6 is 11.6 Å². The van der Waals surface area contributed by atoms with E-state index in [-0.39, 0.29) is 5.75 Å². The normalized spacial score (nSPS) is 11.5. The van der Waals surface area contributed by atoms with Gasteiger partial charge in [0.1, 0.15) is 5.75 Å². The summed E-state index contributed by atoms with van der Waals surface area (Å²) in [6, 6.07) is 4.90. The highest BCUT2D eigenvalue weighted by molar-refractivity contribution is 6.30. The third-order valence-corrected chi connectivity index (χ3v) is 2.13. The van der Waals surface area contributed by atoms with Gasteiger partial charge in [-0.1, -0.05) is 11.6 Å². The summed E-state index contributed by atoms with van der Waals surface area (Å²) in [5.74, 6) is 0.202. The zero-order valence-corrected chi connectivity index (χ0v) is 9.70. The number of rotatable bonds is 4. The molecule has 0 aromatic heterocycles. The summed E-state index contributed by atoms with van der Waals surface area (Å²) in [5, 5.41) is 10.1. The van der Waals surface area contributed by atoms with E-state index in [4.69, 9.17) is 11.6 Å². The number of hydrogen-bond acceptors (Lipinski definition) is 3. The summed E-state index contributed by atoms with van der Waals surface area (Å²) in [6.07, 6.45) is 1.64. The van der Waals surface area contributed by atoms with Crippen molar-refractivity contribution >= 4 is 17.8 Å². The largest absolute Gasteiger partial charge is 0.507 e. The van der Waals surface area contributed by atoms with E-state index in [0.717, 1.165) is 6.54 Å². The number of nitrogens with zero attached hydrogens (tertiary/aromatic N) is 2. The van der Waals surface area contributed by atoms with Crippen molar-refractivity contribution in [1.29, 1.82) is 0 Å². The molecule has 1 aromatic rings. The summed E-state index contributed by atoms with van der Waals surface area (Å²) in [4.78, 5) is 6.25. The maximum atomic E-state index is 9.48. The molecule has 0 unspecified atom stereocenters. The molecule has 0 fully saturated rings. The van der Waals surface area contributed by atoms with E-state index in [1.807, 2.05) is 14.1 Å². The van der Waals surface area contributed by atoms with Gasteiger partial charge in [-0.3, -0.25) is 4.99 Å². The Kier molecular flexibility index (Phi) is 4.59. The molecule has 0 radical (unpaired) electrons. The van der Waals surface area contributed by atoms with Crippen LogP contribution in [0.2, 0.25) is 5.02 Å². The lowest BCUT2D eigenvalue weighted by atomic mass is 10.2. The molecule has 0 atom stereocenters. The molecule has 0 amide bonds. The summed E-state index contributed by atoms with van der Waals surface area (Å²) >= 11 is 5.80. The standard InChI is InChI=1S/C11H15ClN2O/c1-14(2)6-5-13-8-9-7-10(12)3-4-11(9)15/h3-4,7-8,15H,5-6H2,1-2H3. The second-order valence-corrected chi connectivity index (χ2v) is 3.98. The molecular weight excluding hydrogens is 212 g/mol. The average molecular weight is 227 g/mol. The number of phenols is 1. The highest BCUT2D eigenvalue weighted by atomic mass is 35.5. The zero-order valence-electron chi connectivity index (χ0n) is 8.94. The highest BCUT2D eigenvalue weighted by Gasteiger charge is 1.98. The maximum Gasteiger partial charge on any atom is 0.124 e. The first-order valence-electron chi connectivity index (χ1n) is 4.72. The van der Waals surface area contributed by atoms with Crippen molar-refractivity contribution < 1.29 is 5.11 Å². The molecule has 1 N–H and O–H groups in total. The first-order valence-corrected chi connectivity index (χ1v) is 5.10. The van der Waals surface area contributed by atoms with Crippen LogP contribution in [0.5, 0.6) is 5.75 Å². The second kappa shape index (κ2) is 5.73. The van der Waals surface area contributed by atoms with Crippen LogP contribution in [-0.2, 0) is 0 Å². The fourth-order valence-corrected chi connectivity index (χ4v) is 1.23. The van der Waals surface area contributed by atoms with Gasteiger partial charge in [0.25, 0.3) is 0 Å². The van der Waals surface area contributed by atoms with E-state index in [0.29, 0.717) is 17.1 Å². The highest BCUT2D eigenvalue weighted by Crippen LogP contribution is 2.19. The molecule has 0 spiro atoms. The van der Waals surface area contributed by atoms with Crippen molar-refractivity contribution in [2.24, 2.45) is 4.99 Å². The minimum absolute atomic E-state index is 0.202. The summed E-state index contributed by atoms with van der Waals surface area (Å²) in [6.45, 7) is 1.59. The van der Waals surface area contributed by atoms with Gasteiger partial charge in [0, 0.05) is 23.3 Å². The first kappa shape index (κ1) is 12.0. The second-order valence-electron chi connectivity index (χ2n) is 3.54. The Morgan fingerprint density at radius 3 is 2.87 bits per heavy atom. The van der Waals surface area contributed by atoms with Crippen LogP contribution in [0.25, 0.3) is 0 Å². The third kappa shape index (κ3) is 4.32. The van der Waals surface area contributed by atoms with Gasteiger partial charge in [0.05, 0.1) is 6.54 Å². The van der Waals surface area contributed by atoms with Crippen molar-refractivity contribution in [1.82, 2.24) is 4.90 Å². The fourth-order valence-electron chi connectivity index (χ4n) is 1.05. The predicted molar refractivity (Wildman–Crippen MR) is 64.1 cm³/mol. The number of benzene rings is 1. The van der Waals surface area contributed by atoms with Crippen LogP contribution in [0.1, 0.15) is 5.56 Å². The molecule has 0 aliphatic rings. The van der Waals surface area contributed by atoms with E-state index in [2.05, 4.69) is 9.89 Å². The van der Waals surface area contributed by atoms with Gasteiger partial charge in [0.15, 0.2) is 0 Å². The third-order valence-electron chi connectivity index (χ3n) is 1.90. The predicted octanol–water partition coefficient (Wildman–Crippen LogP) is 2.03. The molecule has 0 aliphatic carbocycles. The topological polar surface area (TPSA) is 35.8 Å². The zero-order chi connectivity index (χ0) is 11.3. The van der Waals surface area contributed by atoms with Crippen molar-refractivity contribution in [3.63, 3.8) is 0 Å². The fraction of sp³-hybridized carbons (Fsp3) is 0.364. The van der Waals surface area contributed by atoms with Crippen LogP contribution < -0.4 is 0 Å². The summed E-state index contributed by atoms with van der Waals surface area (Å²) in [5.41, 5.74) is 0.654. The molecule has 3 nitrogen and oxygen atoms in total. The maximum absolute atomic E-state index is 9.48. The summed E-state index contributed by atoms with van der Waals surface area (Å²) in [7, 11) is 3.98. The lowest BCUT2D eigenvalue weighted by Gasteiger charge is -2.05. The van der Waals surface area contributed by atoms with E-state index < -0.39 is 0 Å². The van der Waals surface area contributed by atoms with E-state index in [9.17, 15) is 5.11 Å². The number of phenolic OH excluding ortho intramolecular Hbond substituents is 1. The van der Waals surface area contributed by atoms with E-state index >= 15 is 0 Å². The van der Waals surface area contributed by atoms with Crippen molar-refractivity contribution in [3.05, 3.63) is 28.8 Å². The number of aromatic hydroxyl groups is 1. The molecule has 0 heterocycles. The molecule has 0 aliphatic heterocycles.